The average molecular weight is 322 g/mol. The Morgan fingerprint density at radius 1 is 1.17 bits per heavy atom. The summed E-state index contributed by atoms with van der Waals surface area (Å²) >= 11 is 0. The van der Waals surface area contributed by atoms with E-state index in [0.717, 1.165) is 28.7 Å². The summed E-state index contributed by atoms with van der Waals surface area (Å²) in [5, 5.41) is 12.3. The normalized spacial score (nSPS) is 12.1. The lowest BCUT2D eigenvalue weighted by Gasteiger charge is -2.15. The minimum absolute atomic E-state index is 0.185. The van der Waals surface area contributed by atoms with Gasteiger partial charge in [-0.1, -0.05) is 43.3 Å². The van der Waals surface area contributed by atoms with Gasteiger partial charge in [0.1, 0.15) is 0 Å². The van der Waals surface area contributed by atoms with Crippen molar-refractivity contribution in [1.82, 2.24) is 15.1 Å². The number of urea groups is 1. The number of amides is 2. The zero-order valence-electron chi connectivity index (χ0n) is 14.0. The van der Waals surface area contributed by atoms with Crippen molar-refractivity contribution in [2.24, 2.45) is 5.92 Å². The second-order valence-electron chi connectivity index (χ2n) is 6.12. The number of nitrogens with one attached hydrogen (secondary N) is 2. The van der Waals surface area contributed by atoms with Crippen LogP contribution in [0.3, 0.4) is 0 Å². The Bertz CT molecular complexity index is 835. The zero-order chi connectivity index (χ0) is 16.9. The van der Waals surface area contributed by atoms with Gasteiger partial charge < -0.3 is 10.6 Å². The van der Waals surface area contributed by atoms with Crippen molar-refractivity contribution in [2.45, 2.75) is 20.4 Å². The number of carbonyl (C=O) groups excluding carboxylic acids is 1. The number of hydrogen-bond donors (Lipinski definition) is 2. The van der Waals surface area contributed by atoms with Gasteiger partial charge in [0, 0.05) is 30.4 Å². The van der Waals surface area contributed by atoms with Crippen LogP contribution in [0.4, 0.5) is 10.5 Å². The number of fused-ring (bicyclic) bond motifs is 1. The van der Waals surface area contributed by atoms with Gasteiger partial charge in [0.2, 0.25) is 0 Å². The maximum absolute atomic E-state index is 12.2. The van der Waals surface area contributed by atoms with E-state index < -0.39 is 0 Å². The van der Waals surface area contributed by atoms with Crippen LogP contribution in [0.5, 0.6) is 0 Å². The molecule has 0 aliphatic carbocycles. The lowest BCUT2D eigenvalue weighted by molar-refractivity contribution is 0.249. The molecule has 2 aromatic carbocycles. The third-order valence-electron chi connectivity index (χ3n) is 4.06. The smallest absolute Gasteiger partial charge is 0.319 e. The summed E-state index contributed by atoms with van der Waals surface area (Å²) in [6.45, 7) is 5.50. The second kappa shape index (κ2) is 7.17. The average Bonchev–Trinajstić information content (AvgIpc) is 2.98. The first-order valence-electron chi connectivity index (χ1n) is 8.14. The van der Waals surface area contributed by atoms with Crippen LogP contribution in [0, 0.1) is 12.8 Å². The van der Waals surface area contributed by atoms with Crippen molar-refractivity contribution in [3.63, 3.8) is 0 Å². The van der Waals surface area contributed by atoms with E-state index in [1.54, 1.807) is 6.20 Å². The SMILES string of the molecule is Cc1ccnn1CC(C)CNC(=O)Nc1cccc2ccccc12. The van der Waals surface area contributed by atoms with Gasteiger partial charge in [0.05, 0.1) is 5.69 Å². The lowest BCUT2D eigenvalue weighted by Crippen LogP contribution is -2.33. The summed E-state index contributed by atoms with van der Waals surface area (Å²) in [4.78, 5) is 12.2. The molecule has 0 saturated heterocycles. The molecule has 0 radical (unpaired) electrons. The van der Waals surface area contributed by atoms with Crippen molar-refractivity contribution in [3.05, 3.63) is 60.4 Å². The Hall–Kier alpha value is -2.82. The Kier molecular flexibility index (Phi) is 4.79. The zero-order valence-corrected chi connectivity index (χ0v) is 14.0. The Balaban J connectivity index is 1.56. The molecule has 0 aliphatic rings. The molecule has 2 amide bonds. The maximum atomic E-state index is 12.2. The Labute approximate surface area is 141 Å². The fourth-order valence-corrected chi connectivity index (χ4v) is 2.72. The number of benzene rings is 2. The highest BCUT2D eigenvalue weighted by molar-refractivity contribution is 6.01. The number of aromatic nitrogens is 2. The summed E-state index contributed by atoms with van der Waals surface area (Å²) in [5.41, 5.74) is 1.95. The third kappa shape index (κ3) is 3.74. The van der Waals surface area contributed by atoms with Gasteiger partial charge in [-0.25, -0.2) is 4.79 Å². The molecule has 5 nitrogen and oxygen atoms in total. The van der Waals surface area contributed by atoms with Crippen LogP contribution in [0.1, 0.15) is 12.6 Å². The van der Waals surface area contributed by atoms with E-state index in [2.05, 4.69) is 22.7 Å². The molecule has 24 heavy (non-hydrogen) atoms. The molecule has 1 aromatic heterocycles. The van der Waals surface area contributed by atoms with Gasteiger partial charge in [0.15, 0.2) is 0 Å². The third-order valence-corrected chi connectivity index (χ3v) is 4.06. The molecular weight excluding hydrogens is 300 g/mol. The molecule has 0 saturated carbocycles. The Morgan fingerprint density at radius 2 is 1.96 bits per heavy atom. The highest BCUT2D eigenvalue weighted by atomic mass is 16.2. The summed E-state index contributed by atoms with van der Waals surface area (Å²) in [7, 11) is 0. The number of aryl methyl sites for hydroxylation is 1. The van der Waals surface area contributed by atoms with E-state index in [1.165, 1.54) is 0 Å². The molecule has 0 spiro atoms. The highest BCUT2D eigenvalue weighted by Crippen LogP contribution is 2.22. The largest absolute Gasteiger partial charge is 0.338 e. The minimum atomic E-state index is -0.185. The fourth-order valence-electron chi connectivity index (χ4n) is 2.72. The highest BCUT2D eigenvalue weighted by Gasteiger charge is 2.09. The van der Waals surface area contributed by atoms with Gasteiger partial charge in [-0.3, -0.25) is 4.68 Å². The first kappa shape index (κ1) is 16.1. The van der Waals surface area contributed by atoms with Gasteiger partial charge in [-0.15, -0.1) is 0 Å². The summed E-state index contributed by atoms with van der Waals surface area (Å²) in [5.74, 6) is 0.293. The van der Waals surface area contributed by atoms with Gasteiger partial charge >= 0.3 is 6.03 Å². The number of rotatable bonds is 5. The first-order valence-corrected chi connectivity index (χ1v) is 8.14. The first-order chi connectivity index (χ1) is 11.6. The predicted molar refractivity (Wildman–Crippen MR) is 97.1 cm³/mol. The van der Waals surface area contributed by atoms with Gasteiger partial charge in [-0.05, 0) is 30.4 Å². The topological polar surface area (TPSA) is 59.0 Å². The predicted octanol–water partition coefficient (Wildman–Crippen LogP) is 3.80. The fraction of sp³-hybridized carbons (Fsp3) is 0.263. The lowest BCUT2D eigenvalue weighted by atomic mass is 10.1. The molecule has 1 atom stereocenters. The Morgan fingerprint density at radius 3 is 2.75 bits per heavy atom. The molecule has 0 aliphatic heterocycles. The number of nitrogens with zero attached hydrogens (tertiary/aromatic N) is 2. The number of carbonyl (C=O) groups is 1. The van der Waals surface area contributed by atoms with Gasteiger partial charge in [-0.2, -0.15) is 5.10 Å². The molecular formula is C19H22N4O. The summed E-state index contributed by atoms with van der Waals surface area (Å²) in [6.07, 6.45) is 1.79. The van der Waals surface area contributed by atoms with Crippen LogP contribution in [-0.4, -0.2) is 22.4 Å². The molecule has 0 fully saturated rings. The van der Waals surface area contributed by atoms with E-state index in [4.69, 9.17) is 0 Å². The second-order valence-corrected chi connectivity index (χ2v) is 6.12. The van der Waals surface area contributed by atoms with E-state index in [9.17, 15) is 4.79 Å². The number of hydrogen-bond acceptors (Lipinski definition) is 2. The van der Waals surface area contributed by atoms with Gasteiger partial charge in [0.25, 0.3) is 0 Å². The molecule has 5 heteroatoms. The monoisotopic (exact) mass is 322 g/mol. The van der Waals surface area contributed by atoms with Crippen LogP contribution in [0.15, 0.2) is 54.7 Å². The van der Waals surface area contributed by atoms with Crippen LogP contribution in [0.25, 0.3) is 10.8 Å². The van der Waals surface area contributed by atoms with E-state index >= 15 is 0 Å². The molecule has 3 aromatic rings. The van der Waals surface area contributed by atoms with Crippen molar-refractivity contribution < 1.29 is 4.79 Å². The van der Waals surface area contributed by atoms with E-state index in [0.29, 0.717) is 12.5 Å². The minimum Gasteiger partial charge on any atom is -0.338 e. The van der Waals surface area contributed by atoms with E-state index in [-0.39, 0.29) is 6.03 Å². The van der Waals surface area contributed by atoms with Crippen molar-refractivity contribution in [3.8, 4) is 0 Å². The number of anilines is 1. The quantitative estimate of drug-likeness (QED) is 0.750. The molecule has 3 rings (SSSR count). The maximum Gasteiger partial charge on any atom is 0.319 e. The van der Waals surface area contributed by atoms with Crippen molar-refractivity contribution in [1.29, 1.82) is 0 Å². The molecule has 0 bridgehead atoms. The summed E-state index contributed by atoms with van der Waals surface area (Å²) < 4.78 is 1.95. The molecule has 124 valence electrons. The molecule has 1 unspecified atom stereocenters. The van der Waals surface area contributed by atoms with Crippen LogP contribution < -0.4 is 10.6 Å². The van der Waals surface area contributed by atoms with Crippen molar-refractivity contribution >= 4 is 22.5 Å². The van der Waals surface area contributed by atoms with E-state index in [1.807, 2.05) is 60.1 Å². The standard InChI is InChI=1S/C19H22N4O/c1-14(13-23-15(2)10-11-21-23)12-20-19(24)22-18-9-5-7-16-6-3-4-8-17(16)18/h3-11,14H,12-13H2,1-2H3,(H2,20,22,24). The van der Waals surface area contributed by atoms with Crippen LogP contribution in [-0.2, 0) is 6.54 Å². The van der Waals surface area contributed by atoms with Crippen LogP contribution in [0.2, 0.25) is 0 Å². The summed E-state index contributed by atoms with van der Waals surface area (Å²) in [6, 6.07) is 15.7. The van der Waals surface area contributed by atoms with Crippen molar-refractivity contribution in [2.75, 3.05) is 11.9 Å². The molecule has 1 heterocycles. The molecule has 2 N–H and O–H groups in total. The van der Waals surface area contributed by atoms with Crippen LogP contribution >= 0.6 is 0 Å².